The summed E-state index contributed by atoms with van der Waals surface area (Å²) in [4.78, 5) is 12.1. The van der Waals surface area contributed by atoms with Crippen molar-refractivity contribution in [3.63, 3.8) is 0 Å². The fourth-order valence-electron chi connectivity index (χ4n) is 1.60. The largest absolute Gasteiger partial charge is 1.00 e. The Labute approximate surface area is 154 Å². The Kier molecular flexibility index (Phi) is 9.54. The van der Waals surface area contributed by atoms with E-state index in [-0.39, 0.29) is 29.9 Å². The number of esters is 1. The number of likely N-dealkylation sites (N-methyl/N-ethyl adjacent to an activating group) is 1. The van der Waals surface area contributed by atoms with E-state index in [1.807, 2.05) is 18.2 Å². The van der Waals surface area contributed by atoms with Crippen LogP contribution in [0.1, 0.15) is 21.5 Å². The first-order valence-corrected chi connectivity index (χ1v) is 8.33. The molecule has 0 heterocycles. The molecule has 0 saturated carbocycles. The first-order valence-electron chi connectivity index (χ1n) is 6.09. The molecule has 0 aromatic heterocycles. The van der Waals surface area contributed by atoms with Crippen LogP contribution in [-0.4, -0.2) is 44.7 Å². The molecule has 0 atom stereocenters. The van der Waals surface area contributed by atoms with Crippen molar-refractivity contribution in [2.75, 3.05) is 34.3 Å². The van der Waals surface area contributed by atoms with Crippen molar-refractivity contribution in [1.82, 2.24) is 0 Å². The number of quaternary nitrogens is 1. The molecule has 0 fully saturated rings. The lowest BCUT2D eigenvalue weighted by Gasteiger charge is -2.23. The van der Waals surface area contributed by atoms with Crippen molar-refractivity contribution in [3.8, 4) is 0 Å². The number of benzene rings is 1. The molecule has 0 spiro atoms. The molecule has 0 unspecified atom stereocenters. The van der Waals surface area contributed by atoms with E-state index in [4.69, 9.17) is 4.74 Å². The lowest BCUT2D eigenvalue weighted by atomic mass is 10.0. The molecule has 6 heteroatoms. The summed E-state index contributed by atoms with van der Waals surface area (Å²) in [5.74, 6) is -0.245. The van der Waals surface area contributed by atoms with Crippen molar-refractivity contribution in [2.24, 2.45) is 0 Å². The van der Waals surface area contributed by atoms with Crippen LogP contribution >= 0.6 is 31.9 Å². The third kappa shape index (κ3) is 6.41. The zero-order chi connectivity index (χ0) is 14.5. The van der Waals surface area contributed by atoms with Crippen LogP contribution < -0.4 is 24.0 Å². The van der Waals surface area contributed by atoms with Crippen LogP contribution in [0.5, 0.6) is 0 Å². The molecule has 0 amide bonds. The third-order valence-electron chi connectivity index (χ3n) is 2.77. The molecular formula is C14H20Br2INO2. The van der Waals surface area contributed by atoms with Crippen molar-refractivity contribution in [3.05, 3.63) is 34.9 Å². The van der Waals surface area contributed by atoms with Gasteiger partial charge in [0.15, 0.2) is 0 Å². The smallest absolute Gasteiger partial charge is 0.338 e. The van der Waals surface area contributed by atoms with Crippen LogP contribution in [-0.2, 0) is 15.4 Å². The fraction of sp³-hybridized carbons (Fsp3) is 0.500. The minimum absolute atomic E-state index is 0. The molecule has 0 saturated heterocycles. The second-order valence-corrected chi connectivity index (χ2v) is 6.48. The number of hydrogen-bond donors (Lipinski definition) is 0. The minimum atomic E-state index is -0.245. The first-order chi connectivity index (χ1) is 8.89. The van der Waals surface area contributed by atoms with Gasteiger partial charge in [-0.05, 0) is 17.2 Å². The average Bonchev–Trinajstić information content (AvgIpc) is 2.35. The zero-order valence-corrected chi connectivity index (χ0v) is 17.3. The van der Waals surface area contributed by atoms with Crippen molar-refractivity contribution >= 4 is 37.8 Å². The predicted molar refractivity (Wildman–Crippen MR) is 84.9 cm³/mol. The maximum absolute atomic E-state index is 12.1. The highest BCUT2D eigenvalue weighted by atomic mass is 127. The summed E-state index contributed by atoms with van der Waals surface area (Å²) in [6, 6.07) is 5.71. The lowest BCUT2D eigenvalue weighted by Crippen LogP contribution is -3.00. The highest BCUT2D eigenvalue weighted by molar-refractivity contribution is 9.09. The van der Waals surface area contributed by atoms with Crippen molar-refractivity contribution < 1.29 is 38.0 Å². The van der Waals surface area contributed by atoms with Crippen molar-refractivity contribution in [1.29, 1.82) is 0 Å². The minimum Gasteiger partial charge on any atom is -1.00 e. The summed E-state index contributed by atoms with van der Waals surface area (Å²) in [7, 11) is 6.22. The Morgan fingerprint density at radius 3 is 2.35 bits per heavy atom. The van der Waals surface area contributed by atoms with Gasteiger partial charge in [-0.2, -0.15) is 0 Å². The number of rotatable bonds is 6. The van der Waals surface area contributed by atoms with E-state index in [0.717, 1.165) is 27.5 Å². The van der Waals surface area contributed by atoms with Gasteiger partial charge < -0.3 is 33.2 Å². The van der Waals surface area contributed by atoms with E-state index in [2.05, 4.69) is 53.0 Å². The molecule has 1 rings (SSSR count). The number of hydrogen-bond acceptors (Lipinski definition) is 2. The molecule has 114 valence electrons. The van der Waals surface area contributed by atoms with Crippen LogP contribution in [0, 0.1) is 0 Å². The summed E-state index contributed by atoms with van der Waals surface area (Å²) in [5, 5.41) is 1.38. The van der Waals surface area contributed by atoms with Crippen LogP contribution in [0.15, 0.2) is 18.2 Å². The van der Waals surface area contributed by atoms with Crippen LogP contribution in [0.3, 0.4) is 0 Å². The summed E-state index contributed by atoms with van der Waals surface area (Å²) in [6.45, 7) is 1.23. The highest BCUT2D eigenvalue weighted by Gasteiger charge is 2.16. The molecule has 20 heavy (non-hydrogen) atoms. The Balaban J connectivity index is 0.00000361. The fourth-order valence-corrected chi connectivity index (χ4v) is 2.79. The summed E-state index contributed by atoms with van der Waals surface area (Å²) in [5.41, 5.74) is 2.75. The molecular weight excluding hydrogens is 501 g/mol. The van der Waals surface area contributed by atoms with Crippen LogP contribution in [0.25, 0.3) is 0 Å². The monoisotopic (exact) mass is 519 g/mol. The van der Waals surface area contributed by atoms with Crippen molar-refractivity contribution in [2.45, 2.75) is 10.7 Å². The third-order valence-corrected chi connectivity index (χ3v) is 3.93. The molecule has 1 aromatic carbocycles. The van der Waals surface area contributed by atoms with E-state index in [0.29, 0.717) is 17.5 Å². The number of halogens is 3. The Morgan fingerprint density at radius 2 is 1.85 bits per heavy atom. The maximum atomic E-state index is 12.1. The Morgan fingerprint density at radius 1 is 1.20 bits per heavy atom. The quantitative estimate of drug-likeness (QED) is 0.234. The zero-order valence-electron chi connectivity index (χ0n) is 12.0. The number of nitrogens with zero attached hydrogens (tertiary/aromatic N) is 1. The molecule has 0 aliphatic rings. The van der Waals surface area contributed by atoms with Gasteiger partial charge in [0.05, 0.1) is 26.7 Å². The summed E-state index contributed by atoms with van der Waals surface area (Å²) in [6.07, 6.45) is 0. The van der Waals surface area contributed by atoms with E-state index in [1.165, 1.54) is 0 Å². The molecule has 0 N–H and O–H groups in total. The molecule has 3 nitrogen and oxygen atoms in total. The highest BCUT2D eigenvalue weighted by Crippen LogP contribution is 2.21. The van der Waals surface area contributed by atoms with Gasteiger partial charge in [0.1, 0.15) is 13.2 Å². The first kappa shape index (κ1) is 20.3. The SMILES string of the molecule is C[N+](C)(C)CCOC(=O)c1cccc(CBr)c1CBr.[I-]. The molecule has 0 bridgehead atoms. The average molecular weight is 521 g/mol. The van der Waals surface area contributed by atoms with Gasteiger partial charge in [0.25, 0.3) is 0 Å². The van der Waals surface area contributed by atoms with Gasteiger partial charge in [-0.1, -0.05) is 44.0 Å². The van der Waals surface area contributed by atoms with E-state index in [1.54, 1.807) is 0 Å². The van der Waals surface area contributed by atoms with Gasteiger partial charge in [-0.15, -0.1) is 0 Å². The van der Waals surface area contributed by atoms with Gasteiger partial charge >= 0.3 is 5.97 Å². The van der Waals surface area contributed by atoms with E-state index < -0.39 is 0 Å². The second-order valence-electron chi connectivity index (χ2n) is 5.36. The molecule has 0 radical (unpaired) electrons. The molecule has 1 aromatic rings. The van der Waals surface area contributed by atoms with Crippen LogP contribution in [0.2, 0.25) is 0 Å². The van der Waals surface area contributed by atoms with Gasteiger partial charge in [0, 0.05) is 10.7 Å². The predicted octanol–water partition coefficient (Wildman–Crippen LogP) is 0.343. The van der Waals surface area contributed by atoms with Gasteiger partial charge in [0.2, 0.25) is 0 Å². The topological polar surface area (TPSA) is 26.3 Å². The molecule has 0 aliphatic carbocycles. The second kappa shape index (κ2) is 9.38. The number of carbonyl (C=O) groups excluding carboxylic acids is 1. The van der Waals surface area contributed by atoms with E-state index in [9.17, 15) is 4.79 Å². The number of ether oxygens (including phenoxy) is 1. The normalized spacial score (nSPS) is 10.8. The summed E-state index contributed by atoms with van der Waals surface area (Å²) < 4.78 is 6.13. The Hall–Kier alpha value is 0.340. The van der Waals surface area contributed by atoms with E-state index >= 15 is 0 Å². The number of carbonyl (C=O) groups is 1. The van der Waals surface area contributed by atoms with Gasteiger partial charge in [-0.3, -0.25) is 0 Å². The standard InChI is InChI=1S/C14H20Br2NO2.HI/c1-17(2,3)7-8-19-14(18)12-6-4-5-11(9-15)13(12)10-16;/h4-6H,7-10H2,1-3H3;1H/q+1;/p-1. The number of alkyl halides is 2. The van der Waals surface area contributed by atoms with Crippen LogP contribution in [0.4, 0.5) is 0 Å². The maximum Gasteiger partial charge on any atom is 0.338 e. The molecule has 0 aliphatic heterocycles. The summed E-state index contributed by atoms with van der Waals surface area (Å²) >= 11 is 6.87. The Bertz CT molecular complexity index is 447. The lowest BCUT2D eigenvalue weighted by molar-refractivity contribution is -0.870. The van der Waals surface area contributed by atoms with Gasteiger partial charge in [-0.25, -0.2) is 4.79 Å².